The molecule has 0 aliphatic carbocycles. The number of rotatable bonds is 0. The summed E-state index contributed by atoms with van der Waals surface area (Å²) in [5.41, 5.74) is 0. The Morgan fingerprint density at radius 3 is 0.500 bits per heavy atom. The molecule has 0 aliphatic rings. The molecular formula is IrTi3. The molecule has 0 aromatic rings. The van der Waals surface area contributed by atoms with Gasteiger partial charge in [0.2, 0.25) is 0 Å². The average Bonchev–Trinajstić information content (AvgIpc) is 0. The van der Waals surface area contributed by atoms with Crippen LogP contribution in [0.5, 0.6) is 0 Å². The van der Waals surface area contributed by atoms with E-state index < -0.39 is 0 Å². The van der Waals surface area contributed by atoms with Gasteiger partial charge in [0.05, 0.1) is 0 Å². The Kier molecular flexibility index (Phi) is 125. The summed E-state index contributed by atoms with van der Waals surface area (Å²) in [5.74, 6) is 0. The van der Waals surface area contributed by atoms with Crippen LogP contribution in [-0.4, -0.2) is 0 Å². The average molecular weight is 336 g/mol. The van der Waals surface area contributed by atoms with Gasteiger partial charge in [-0.25, -0.2) is 0 Å². The van der Waals surface area contributed by atoms with Gasteiger partial charge < -0.3 is 0 Å². The minimum atomic E-state index is 0. The van der Waals surface area contributed by atoms with E-state index >= 15 is 0 Å². The maximum atomic E-state index is 0. The predicted molar refractivity (Wildman–Crippen MR) is 0 cm³/mol. The molecule has 0 fully saturated rings. The van der Waals surface area contributed by atoms with Crippen molar-refractivity contribution in [1.82, 2.24) is 0 Å². The van der Waals surface area contributed by atoms with Crippen LogP contribution in [0.15, 0.2) is 0 Å². The summed E-state index contributed by atoms with van der Waals surface area (Å²) >= 11 is 0. The molecule has 0 saturated carbocycles. The first kappa shape index (κ1) is 29.2. The quantitative estimate of drug-likeness (QED) is 0.546. The van der Waals surface area contributed by atoms with Gasteiger partial charge in [-0.2, -0.15) is 0 Å². The van der Waals surface area contributed by atoms with Crippen LogP contribution in [0.1, 0.15) is 0 Å². The van der Waals surface area contributed by atoms with Crippen LogP contribution in [0.2, 0.25) is 0 Å². The van der Waals surface area contributed by atoms with Crippen molar-refractivity contribution in [3.63, 3.8) is 0 Å². The molecule has 0 aliphatic heterocycles. The normalized spacial score (nSPS) is 0. The van der Waals surface area contributed by atoms with E-state index in [1.807, 2.05) is 0 Å². The van der Waals surface area contributed by atoms with Crippen molar-refractivity contribution < 1.29 is 85.3 Å². The molecule has 0 rings (SSSR count). The molecule has 0 N–H and O–H groups in total. The van der Waals surface area contributed by atoms with E-state index in [0.29, 0.717) is 0 Å². The fourth-order valence-electron chi connectivity index (χ4n) is 0. The predicted octanol–water partition coefficient (Wildman–Crippen LogP) is -0.0100. The second-order valence-corrected chi connectivity index (χ2v) is 0. The second kappa shape index (κ2) is 17.1. The van der Waals surface area contributed by atoms with Crippen LogP contribution in [0.3, 0.4) is 0 Å². The molecule has 0 aromatic heterocycles. The maximum Gasteiger partial charge on any atom is 0 e. The van der Waals surface area contributed by atoms with Crippen LogP contribution < -0.4 is 0 Å². The molecule has 4 heteroatoms. The zero-order chi connectivity index (χ0) is 0. The largest absolute Gasteiger partial charge is 0 e. The minimum absolute atomic E-state index is 0. The number of hydrogen-bond donors (Lipinski definition) is 0. The Morgan fingerprint density at radius 2 is 0.500 bits per heavy atom. The maximum absolute atomic E-state index is 0. The summed E-state index contributed by atoms with van der Waals surface area (Å²) in [6, 6.07) is 0. The third-order valence-electron chi connectivity index (χ3n) is 0. The third-order valence-corrected chi connectivity index (χ3v) is 0. The summed E-state index contributed by atoms with van der Waals surface area (Å²) in [7, 11) is 0. The van der Waals surface area contributed by atoms with Crippen molar-refractivity contribution in [2.75, 3.05) is 0 Å². The molecule has 0 saturated heterocycles. The number of hydrogen-bond acceptors (Lipinski definition) is 0. The van der Waals surface area contributed by atoms with E-state index in [9.17, 15) is 0 Å². The molecular weight excluding hydrogens is 336 g/mol. The fourth-order valence-corrected chi connectivity index (χ4v) is 0. The van der Waals surface area contributed by atoms with Crippen molar-refractivity contribution in [2.45, 2.75) is 0 Å². The second-order valence-electron chi connectivity index (χ2n) is 0. The molecule has 0 atom stereocenters. The molecule has 4 heavy (non-hydrogen) atoms. The van der Waals surface area contributed by atoms with E-state index in [1.54, 1.807) is 0 Å². The molecule has 0 amide bonds. The Hall–Kier alpha value is 2.79. The van der Waals surface area contributed by atoms with Gasteiger partial charge >= 0.3 is 0 Å². The van der Waals surface area contributed by atoms with Gasteiger partial charge in [-0.05, 0) is 0 Å². The van der Waals surface area contributed by atoms with Crippen molar-refractivity contribution in [2.24, 2.45) is 0 Å². The van der Waals surface area contributed by atoms with Crippen molar-refractivity contribution >= 4 is 0 Å². The molecule has 0 aromatic carbocycles. The zero-order valence-corrected chi connectivity index (χ0v) is 8.91. The standard InChI is InChI=1S/Ir.3Ti. The Balaban J connectivity index is 0. The topological polar surface area (TPSA) is 0 Å². The summed E-state index contributed by atoms with van der Waals surface area (Å²) in [4.78, 5) is 0. The smallest absolute Gasteiger partial charge is 0 e. The zero-order valence-electron chi connectivity index (χ0n) is 1.83. The van der Waals surface area contributed by atoms with Gasteiger partial charge in [-0.1, -0.05) is 0 Å². The first-order chi connectivity index (χ1) is 0. The van der Waals surface area contributed by atoms with Gasteiger partial charge in [0.1, 0.15) is 0 Å². The fraction of sp³-hybridized carbons (Fsp3) is 0. The van der Waals surface area contributed by atoms with Gasteiger partial charge in [0, 0.05) is 85.3 Å². The van der Waals surface area contributed by atoms with Crippen LogP contribution in [0.25, 0.3) is 0 Å². The molecule has 0 nitrogen and oxygen atoms in total. The summed E-state index contributed by atoms with van der Waals surface area (Å²) in [5, 5.41) is 0. The van der Waals surface area contributed by atoms with Crippen molar-refractivity contribution in [3.05, 3.63) is 0 Å². The van der Waals surface area contributed by atoms with E-state index in [0.717, 1.165) is 0 Å². The summed E-state index contributed by atoms with van der Waals surface area (Å²) in [6.45, 7) is 0. The Labute approximate surface area is 83.9 Å². The van der Waals surface area contributed by atoms with Crippen molar-refractivity contribution in [1.29, 1.82) is 0 Å². The summed E-state index contributed by atoms with van der Waals surface area (Å²) in [6.07, 6.45) is 0. The molecule has 0 spiro atoms. The molecule has 0 bridgehead atoms. The van der Waals surface area contributed by atoms with Crippen LogP contribution in [-0.2, 0) is 85.3 Å². The van der Waals surface area contributed by atoms with Crippen LogP contribution in [0.4, 0.5) is 0 Å². The minimum Gasteiger partial charge on any atom is 0 e. The molecule has 0 heterocycles. The van der Waals surface area contributed by atoms with E-state index in [-0.39, 0.29) is 85.3 Å². The molecule has 1 radical (unpaired) electrons. The monoisotopic (exact) mass is 337 g/mol. The van der Waals surface area contributed by atoms with E-state index in [4.69, 9.17) is 0 Å². The van der Waals surface area contributed by atoms with Crippen LogP contribution >= 0.6 is 0 Å². The summed E-state index contributed by atoms with van der Waals surface area (Å²) < 4.78 is 0. The van der Waals surface area contributed by atoms with Gasteiger partial charge in [-0.3, -0.25) is 0 Å². The van der Waals surface area contributed by atoms with Gasteiger partial charge in [-0.15, -0.1) is 0 Å². The van der Waals surface area contributed by atoms with Gasteiger partial charge in [0.25, 0.3) is 0 Å². The SMILES string of the molecule is [Ir].[Ti].[Ti].[Ti]. The molecule has 0 unspecified atom stereocenters. The van der Waals surface area contributed by atoms with Crippen molar-refractivity contribution in [3.8, 4) is 0 Å². The van der Waals surface area contributed by atoms with E-state index in [2.05, 4.69) is 0 Å². The van der Waals surface area contributed by atoms with Crippen LogP contribution in [0, 0.1) is 0 Å². The van der Waals surface area contributed by atoms with E-state index in [1.165, 1.54) is 0 Å². The third kappa shape index (κ3) is 8.84. The van der Waals surface area contributed by atoms with Gasteiger partial charge in [0.15, 0.2) is 0 Å². The Bertz CT molecular complexity index is 3.25. The Morgan fingerprint density at radius 1 is 0.500 bits per heavy atom. The first-order valence-corrected chi connectivity index (χ1v) is 0. The first-order valence-electron chi connectivity index (χ1n) is 0. The molecule has 21 valence electrons.